The van der Waals surface area contributed by atoms with Gasteiger partial charge in [-0.1, -0.05) is 5.16 Å². The Morgan fingerprint density at radius 1 is 1.24 bits per heavy atom. The highest BCUT2D eigenvalue weighted by molar-refractivity contribution is 7.89. The lowest BCUT2D eigenvalue weighted by Gasteiger charge is -2.15. The summed E-state index contributed by atoms with van der Waals surface area (Å²) >= 11 is 0. The molecule has 1 unspecified atom stereocenters. The van der Waals surface area contributed by atoms with Gasteiger partial charge < -0.3 is 9.84 Å². The first-order valence-corrected chi connectivity index (χ1v) is 9.55. The maximum atomic E-state index is 12.5. The van der Waals surface area contributed by atoms with E-state index in [1.807, 2.05) is 14.0 Å². The van der Waals surface area contributed by atoms with Crippen LogP contribution in [-0.4, -0.2) is 49.0 Å². The van der Waals surface area contributed by atoms with Crippen LogP contribution in [-0.2, 0) is 16.4 Å². The Bertz CT molecular complexity index is 786. The zero-order chi connectivity index (χ0) is 17.2. The average molecular weight is 387 g/mol. The molecule has 0 radical (unpaired) electrons. The fraction of sp³-hybridized carbons (Fsp3) is 0.500. The van der Waals surface area contributed by atoms with Gasteiger partial charge in [0.1, 0.15) is 0 Å². The molecule has 0 aliphatic carbocycles. The zero-order valence-electron chi connectivity index (χ0n) is 14.3. The summed E-state index contributed by atoms with van der Waals surface area (Å²) in [5, 5.41) is 7.08. The zero-order valence-corrected chi connectivity index (χ0v) is 15.9. The van der Waals surface area contributed by atoms with Crippen molar-refractivity contribution in [3.63, 3.8) is 0 Å². The number of hydrogen-bond donors (Lipinski definition) is 1. The van der Waals surface area contributed by atoms with Crippen molar-refractivity contribution < 1.29 is 12.9 Å². The topological polar surface area (TPSA) is 88.3 Å². The van der Waals surface area contributed by atoms with Crippen molar-refractivity contribution >= 4 is 22.4 Å². The lowest BCUT2D eigenvalue weighted by atomic mass is 10.2. The summed E-state index contributed by atoms with van der Waals surface area (Å²) in [5.41, 5.74) is 0.714. The molecule has 1 saturated heterocycles. The SMILES string of the molecule is CNC(C)Cc1noc(-c2ccc(S(=O)(=O)N3CCCC3)cc2)n1.Cl. The van der Waals surface area contributed by atoms with Crippen LogP contribution in [0, 0.1) is 0 Å². The predicted molar refractivity (Wildman–Crippen MR) is 97.2 cm³/mol. The quantitative estimate of drug-likeness (QED) is 0.817. The van der Waals surface area contributed by atoms with Gasteiger partial charge in [0.05, 0.1) is 4.90 Å². The highest BCUT2D eigenvalue weighted by Gasteiger charge is 2.27. The number of hydrogen-bond acceptors (Lipinski definition) is 6. The molecule has 1 aromatic carbocycles. The van der Waals surface area contributed by atoms with Crippen molar-refractivity contribution in [2.45, 2.75) is 37.1 Å². The smallest absolute Gasteiger partial charge is 0.257 e. The molecule has 0 amide bonds. The summed E-state index contributed by atoms with van der Waals surface area (Å²) in [6.07, 6.45) is 2.52. The van der Waals surface area contributed by atoms with Crippen molar-refractivity contribution in [2.24, 2.45) is 0 Å². The van der Waals surface area contributed by atoms with Gasteiger partial charge in [0.15, 0.2) is 5.82 Å². The van der Waals surface area contributed by atoms with Crippen molar-refractivity contribution in [2.75, 3.05) is 20.1 Å². The third-order valence-corrected chi connectivity index (χ3v) is 6.17. The van der Waals surface area contributed by atoms with Crippen LogP contribution < -0.4 is 5.32 Å². The van der Waals surface area contributed by atoms with E-state index in [1.165, 1.54) is 4.31 Å². The maximum absolute atomic E-state index is 12.5. The van der Waals surface area contributed by atoms with E-state index in [-0.39, 0.29) is 18.4 Å². The molecule has 3 rings (SSSR count). The number of nitrogens with one attached hydrogen (secondary N) is 1. The van der Waals surface area contributed by atoms with Crippen molar-refractivity contribution in [3.05, 3.63) is 30.1 Å². The first kappa shape index (κ1) is 19.8. The number of likely N-dealkylation sites (N-methyl/N-ethyl adjacent to an activating group) is 1. The summed E-state index contributed by atoms with van der Waals surface area (Å²) in [6.45, 7) is 3.23. The molecule has 9 heteroatoms. The number of rotatable bonds is 6. The minimum Gasteiger partial charge on any atom is -0.334 e. The third-order valence-electron chi connectivity index (χ3n) is 4.25. The van der Waals surface area contributed by atoms with Gasteiger partial charge in [0, 0.05) is 31.1 Å². The van der Waals surface area contributed by atoms with Crippen molar-refractivity contribution in [1.29, 1.82) is 0 Å². The Morgan fingerprint density at radius 3 is 2.48 bits per heavy atom. The van der Waals surface area contributed by atoms with Gasteiger partial charge in [-0.15, -0.1) is 12.4 Å². The molecule has 1 atom stereocenters. The Morgan fingerprint density at radius 2 is 1.88 bits per heavy atom. The highest BCUT2D eigenvalue weighted by atomic mass is 35.5. The van der Waals surface area contributed by atoms with Crippen LogP contribution in [0.15, 0.2) is 33.7 Å². The lowest BCUT2D eigenvalue weighted by molar-refractivity contribution is 0.418. The molecule has 1 aliphatic heterocycles. The molecular formula is C16H23ClN4O3S. The Labute approximate surface area is 154 Å². The average Bonchev–Trinajstić information content (AvgIpc) is 3.27. The molecule has 1 fully saturated rings. The summed E-state index contributed by atoms with van der Waals surface area (Å²) < 4.78 is 31.8. The first-order chi connectivity index (χ1) is 11.5. The largest absolute Gasteiger partial charge is 0.334 e. The number of nitrogens with zero attached hydrogens (tertiary/aromatic N) is 3. The van der Waals surface area contributed by atoms with E-state index in [0.717, 1.165) is 12.8 Å². The van der Waals surface area contributed by atoms with Crippen LogP contribution in [0.1, 0.15) is 25.6 Å². The molecule has 138 valence electrons. The van der Waals surface area contributed by atoms with Gasteiger partial charge in [-0.2, -0.15) is 9.29 Å². The number of sulfonamides is 1. The van der Waals surface area contributed by atoms with E-state index < -0.39 is 10.0 Å². The predicted octanol–water partition coefficient (Wildman–Crippen LogP) is 2.09. The normalized spacial score (nSPS) is 16.6. The maximum Gasteiger partial charge on any atom is 0.257 e. The second-order valence-corrected chi connectivity index (χ2v) is 7.98. The van der Waals surface area contributed by atoms with Crippen LogP contribution in [0.3, 0.4) is 0 Å². The van der Waals surface area contributed by atoms with Gasteiger partial charge >= 0.3 is 0 Å². The molecule has 0 saturated carbocycles. The molecule has 7 nitrogen and oxygen atoms in total. The number of aromatic nitrogens is 2. The van der Waals surface area contributed by atoms with Gasteiger partial charge in [0.2, 0.25) is 10.0 Å². The molecule has 2 aromatic rings. The first-order valence-electron chi connectivity index (χ1n) is 8.11. The lowest BCUT2D eigenvalue weighted by Crippen LogP contribution is -2.27. The van der Waals surface area contributed by atoms with Crippen LogP contribution in [0.25, 0.3) is 11.5 Å². The van der Waals surface area contributed by atoms with Crippen molar-refractivity contribution in [1.82, 2.24) is 19.8 Å². The van der Waals surface area contributed by atoms with Crippen LogP contribution >= 0.6 is 12.4 Å². The standard InChI is InChI=1S/C16H22N4O3S.ClH/c1-12(17-2)11-15-18-16(23-19-15)13-5-7-14(8-6-13)24(21,22)20-9-3-4-10-20;/h5-8,12,17H,3-4,9-11H2,1-2H3;1H. The number of halogens is 1. The van der Waals surface area contributed by atoms with E-state index in [0.29, 0.717) is 41.7 Å². The molecular weight excluding hydrogens is 364 g/mol. The van der Waals surface area contributed by atoms with Crippen LogP contribution in [0.5, 0.6) is 0 Å². The van der Waals surface area contributed by atoms with E-state index in [1.54, 1.807) is 24.3 Å². The van der Waals surface area contributed by atoms with Gasteiger partial charge in [0.25, 0.3) is 5.89 Å². The molecule has 1 aliphatic rings. The molecule has 2 heterocycles. The molecule has 0 bridgehead atoms. The van der Waals surface area contributed by atoms with E-state index in [9.17, 15) is 8.42 Å². The summed E-state index contributed by atoms with van der Waals surface area (Å²) in [7, 11) is -1.51. The Hall–Kier alpha value is -1.48. The van der Waals surface area contributed by atoms with Crippen LogP contribution in [0.2, 0.25) is 0 Å². The Kier molecular flexibility index (Phi) is 6.56. The molecule has 1 N–H and O–H groups in total. The summed E-state index contributed by atoms with van der Waals surface area (Å²) in [6, 6.07) is 6.87. The second kappa shape index (κ2) is 8.27. The van der Waals surface area contributed by atoms with Gasteiger partial charge in [-0.25, -0.2) is 8.42 Å². The van der Waals surface area contributed by atoms with Crippen molar-refractivity contribution in [3.8, 4) is 11.5 Å². The fourth-order valence-corrected chi connectivity index (χ4v) is 4.19. The third kappa shape index (κ3) is 4.38. The minimum atomic E-state index is -3.39. The summed E-state index contributed by atoms with van der Waals surface area (Å²) in [5.74, 6) is 1.03. The Balaban J connectivity index is 0.00000225. The van der Waals surface area contributed by atoms with Gasteiger partial charge in [-0.3, -0.25) is 0 Å². The minimum absolute atomic E-state index is 0. The molecule has 0 spiro atoms. The second-order valence-electron chi connectivity index (χ2n) is 6.05. The monoisotopic (exact) mass is 386 g/mol. The molecule has 25 heavy (non-hydrogen) atoms. The number of benzene rings is 1. The van der Waals surface area contributed by atoms with E-state index in [2.05, 4.69) is 15.5 Å². The fourth-order valence-electron chi connectivity index (χ4n) is 2.68. The highest BCUT2D eigenvalue weighted by Crippen LogP contribution is 2.24. The molecule has 1 aromatic heterocycles. The summed E-state index contributed by atoms with van der Waals surface area (Å²) in [4.78, 5) is 4.66. The van der Waals surface area contributed by atoms with E-state index >= 15 is 0 Å². The van der Waals surface area contributed by atoms with Gasteiger partial charge in [-0.05, 0) is 51.1 Å². The van der Waals surface area contributed by atoms with E-state index in [4.69, 9.17) is 4.52 Å². The van der Waals surface area contributed by atoms with Crippen LogP contribution in [0.4, 0.5) is 0 Å².